The molecule has 6 heteroatoms. The number of carbonyl (C=O) groups is 2. The van der Waals surface area contributed by atoms with E-state index in [0.29, 0.717) is 24.1 Å². The van der Waals surface area contributed by atoms with Crippen molar-refractivity contribution in [3.05, 3.63) is 35.6 Å². The van der Waals surface area contributed by atoms with Crippen LogP contribution < -0.4 is 5.73 Å². The van der Waals surface area contributed by atoms with Crippen LogP contribution in [0.15, 0.2) is 45.5 Å². The number of Topliss-reactive ketones (excluding diaryl/α,β-unsaturated/α-hetero) is 1. The molecule has 5 nitrogen and oxygen atoms in total. The summed E-state index contributed by atoms with van der Waals surface area (Å²) in [5.41, 5.74) is 6.13. The van der Waals surface area contributed by atoms with Gasteiger partial charge in [0.2, 0.25) is 5.91 Å². The summed E-state index contributed by atoms with van der Waals surface area (Å²) >= 11 is 1.31. The first-order valence-electron chi connectivity index (χ1n) is 8.99. The highest BCUT2D eigenvalue weighted by Crippen LogP contribution is 2.47. The van der Waals surface area contributed by atoms with Gasteiger partial charge in [-0.2, -0.15) is 0 Å². The third-order valence-electron chi connectivity index (χ3n) is 5.17. The van der Waals surface area contributed by atoms with Crippen LogP contribution in [-0.2, 0) is 9.59 Å². The zero-order chi connectivity index (χ0) is 18.6. The molecule has 0 atom stereocenters. The Morgan fingerprint density at radius 2 is 1.96 bits per heavy atom. The van der Waals surface area contributed by atoms with E-state index in [0.717, 1.165) is 30.6 Å². The number of aliphatic hydroxyl groups excluding tert-OH is 1. The molecule has 3 N–H and O–H groups in total. The topological polar surface area (TPSA) is 92.8 Å². The number of nitrogens with two attached hydrogens (primary N) is 1. The molecule has 0 radical (unpaired) electrons. The van der Waals surface area contributed by atoms with Crippen LogP contribution in [0.25, 0.3) is 0 Å². The summed E-state index contributed by atoms with van der Waals surface area (Å²) in [4.78, 5) is 28.8. The molecule has 0 aromatic heterocycles. The Labute approximate surface area is 157 Å². The molecule has 3 rings (SSSR count). The van der Waals surface area contributed by atoms with E-state index in [2.05, 4.69) is 4.99 Å². The Balaban J connectivity index is 1.79. The van der Waals surface area contributed by atoms with Crippen molar-refractivity contribution in [1.29, 1.82) is 0 Å². The van der Waals surface area contributed by atoms with Crippen molar-refractivity contribution in [2.75, 3.05) is 5.75 Å². The number of ketones is 1. The largest absolute Gasteiger partial charge is 0.511 e. The number of rotatable bonds is 5. The molecular formula is C20H24N2O3S. The first-order chi connectivity index (χ1) is 12.5. The number of carbonyl (C=O) groups excluding carboxylic acids is 2. The molecule has 0 unspecified atom stereocenters. The second-order valence-electron chi connectivity index (χ2n) is 7.18. The smallest absolute Gasteiger partial charge is 0.227 e. The summed E-state index contributed by atoms with van der Waals surface area (Å²) in [6.07, 6.45) is 8.04. The van der Waals surface area contributed by atoms with Gasteiger partial charge in [-0.25, -0.2) is 0 Å². The standard InChI is InChI=1S/C20H24N2O3S/c21-19(25)13-26-18-7-3-2-6-15(18)22-12-14-16(23)10-20(11-17(14)24)8-4-1-5-9-20/h2-3,6-7,12,23H,1,4-5,8-11,13H2,(H2,21,25). The van der Waals surface area contributed by atoms with Crippen molar-refractivity contribution in [3.63, 3.8) is 0 Å². The molecule has 0 heterocycles. The van der Waals surface area contributed by atoms with Gasteiger partial charge in [0.1, 0.15) is 5.76 Å². The molecule has 1 fully saturated rings. The number of primary amides is 1. The van der Waals surface area contributed by atoms with Crippen LogP contribution in [0.1, 0.15) is 44.9 Å². The van der Waals surface area contributed by atoms with Gasteiger partial charge in [0.25, 0.3) is 0 Å². The lowest BCUT2D eigenvalue weighted by Crippen LogP contribution is -2.33. The van der Waals surface area contributed by atoms with E-state index in [1.54, 1.807) is 0 Å². The molecule has 0 bridgehead atoms. The predicted molar refractivity (Wildman–Crippen MR) is 104 cm³/mol. The Kier molecular flexibility index (Phi) is 5.81. The highest BCUT2D eigenvalue weighted by molar-refractivity contribution is 8.00. The van der Waals surface area contributed by atoms with Gasteiger partial charge < -0.3 is 10.8 Å². The lowest BCUT2D eigenvalue weighted by atomic mass is 9.65. The van der Waals surface area contributed by atoms with Crippen LogP contribution in [-0.4, -0.2) is 28.8 Å². The van der Waals surface area contributed by atoms with Crippen LogP contribution in [0.4, 0.5) is 5.69 Å². The first kappa shape index (κ1) is 18.7. The molecule has 1 amide bonds. The molecule has 1 aromatic rings. The number of hydrogen-bond acceptors (Lipinski definition) is 5. The average Bonchev–Trinajstić information content (AvgIpc) is 2.60. The number of allylic oxidation sites excluding steroid dienone is 2. The van der Waals surface area contributed by atoms with E-state index in [1.165, 1.54) is 24.4 Å². The van der Waals surface area contributed by atoms with Crippen LogP contribution in [0.3, 0.4) is 0 Å². The van der Waals surface area contributed by atoms with Gasteiger partial charge in [0.15, 0.2) is 5.78 Å². The molecule has 26 heavy (non-hydrogen) atoms. The second kappa shape index (κ2) is 8.08. The van der Waals surface area contributed by atoms with Crippen LogP contribution >= 0.6 is 11.8 Å². The highest BCUT2D eigenvalue weighted by atomic mass is 32.2. The van der Waals surface area contributed by atoms with E-state index >= 15 is 0 Å². The number of amides is 1. The van der Waals surface area contributed by atoms with Gasteiger partial charge in [-0.05, 0) is 30.4 Å². The molecule has 1 saturated carbocycles. The monoisotopic (exact) mass is 372 g/mol. The Morgan fingerprint density at radius 1 is 1.23 bits per heavy atom. The van der Waals surface area contributed by atoms with E-state index in [9.17, 15) is 14.7 Å². The van der Waals surface area contributed by atoms with Crippen LogP contribution in [0.5, 0.6) is 0 Å². The number of thioether (sulfide) groups is 1. The summed E-state index contributed by atoms with van der Waals surface area (Å²) in [6, 6.07) is 7.37. The number of aliphatic hydroxyl groups is 1. The normalized spacial score (nSPS) is 20.1. The minimum Gasteiger partial charge on any atom is -0.511 e. The molecule has 1 spiro atoms. The van der Waals surface area contributed by atoms with Crippen molar-refractivity contribution in [3.8, 4) is 0 Å². The third-order valence-corrected chi connectivity index (χ3v) is 6.26. The molecule has 0 aliphatic heterocycles. The van der Waals surface area contributed by atoms with Gasteiger partial charge in [0.05, 0.1) is 17.0 Å². The van der Waals surface area contributed by atoms with Crippen molar-refractivity contribution in [1.82, 2.24) is 0 Å². The molecule has 2 aliphatic rings. The third kappa shape index (κ3) is 4.36. The molecule has 0 saturated heterocycles. The van der Waals surface area contributed by atoms with Crippen molar-refractivity contribution >= 4 is 35.4 Å². The number of aliphatic imine (C=N–C) groups is 1. The van der Waals surface area contributed by atoms with Gasteiger partial charge >= 0.3 is 0 Å². The number of hydrogen-bond donors (Lipinski definition) is 2. The van der Waals surface area contributed by atoms with E-state index in [4.69, 9.17) is 5.73 Å². The van der Waals surface area contributed by atoms with Crippen molar-refractivity contribution in [2.45, 2.75) is 49.8 Å². The number of benzene rings is 1. The van der Waals surface area contributed by atoms with Crippen molar-refractivity contribution in [2.24, 2.45) is 16.1 Å². The zero-order valence-corrected chi connectivity index (χ0v) is 15.6. The maximum absolute atomic E-state index is 12.6. The minimum atomic E-state index is -0.394. The fraction of sp³-hybridized carbons (Fsp3) is 0.450. The van der Waals surface area contributed by atoms with Crippen molar-refractivity contribution < 1.29 is 14.7 Å². The first-order valence-corrected chi connectivity index (χ1v) is 9.97. The summed E-state index contributed by atoms with van der Waals surface area (Å²) < 4.78 is 0. The second-order valence-corrected chi connectivity index (χ2v) is 8.20. The minimum absolute atomic E-state index is 0.0262. The van der Waals surface area contributed by atoms with E-state index in [-0.39, 0.29) is 22.7 Å². The average molecular weight is 372 g/mol. The van der Waals surface area contributed by atoms with E-state index in [1.807, 2.05) is 24.3 Å². The van der Waals surface area contributed by atoms with Gasteiger partial charge in [-0.15, -0.1) is 11.8 Å². The quantitative estimate of drug-likeness (QED) is 0.601. The zero-order valence-electron chi connectivity index (χ0n) is 14.7. The number of para-hydroxylation sites is 1. The predicted octanol–water partition coefficient (Wildman–Crippen LogP) is 4.09. The highest BCUT2D eigenvalue weighted by Gasteiger charge is 2.40. The molecular weight excluding hydrogens is 348 g/mol. The fourth-order valence-corrected chi connectivity index (χ4v) is 4.62. The van der Waals surface area contributed by atoms with Crippen LogP contribution in [0.2, 0.25) is 0 Å². The Morgan fingerprint density at radius 3 is 2.65 bits per heavy atom. The Bertz CT molecular complexity index is 764. The molecule has 1 aromatic carbocycles. The van der Waals surface area contributed by atoms with Gasteiger partial charge in [-0.1, -0.05) is 31.4 Å². The molecule has 2 aliphatic carbocycles. The van der Waals surface area contributed by atoms with E-state index < -0.39 is 5.91 Å². The Hall–Kier alpha value is -2.08. The summed E-state index contributed by atoms with van der Waals surface area (Å²) in [7, 11) is 0. The lowest BCUT2D eigenvalue weighted by Gasteiger charge is -2.39. The molecule has 138 valence electrons. The summed E-state index contributed by atoms with van der Waals surface area (Å²) in [5, 5.41) is 10.5. The summed E-state index contributed by atoms with van der Waals surface area (Å²) in [5.74, 6) is -0.0905. The maximum atomic E-state index is 12.6. The van der Waals surface area contributed by atoms with Gasteiger partial charge in [0, 0.05) is 24.0 Å². The van der Waals surface area contributed by atoms with Crippen LogP contribution in [0, 0.1) is 5.41 Å². The maximum Gasteiger partial charge on any atom is 0.227 e. The lowest BCUT2D eigenvalue weighted by molar-refractivity contribution is -0.119. The fourth-order valence-electron chi connectivity index (χ4n) is 3.88. The SMILES string of the molecule is NC(=O)CSc1ccccc1N=CC1=C(O)CC2(CCCCC2)CC1=O. The van der Waals surface area contributed by atoms with Gasteiger partial charge in [-0.3, -0.25) is 14.6 Å². The number of nitrogens with zero attached hydrogens (tertiary/aromatic N) is 1. The summed E-state index contributed by atoms with van der Waals surface area (Å²) in [6.45, 7) is 0.